The summed E-state index contributed by atoms with van der Waals surface area (Å²) in [6.07, 6.45) is -0.824. The molecule has 0 aliphatic carbocycles. The Bertz CT molecular complexity index is 856. The van der Waals surface area contributed by atoms with Crippen molar-refractivity contribution in [2.75, 3.05) is 13.7 Å². The number of hydrazine groups is 1. The molecule has 150 valence electrons. The molecular weight excluding hydrogens is 384 g/mol. The van der Waals surface area contributed by atoms with E-state index >= 15 is 0 Å². The fourth-order valence-corrected chi connectivity index (χ4v) is 2.59. The zero-order valence-electron chi connectivity index (χ0n) is 16.2. The van der Waals surface area contributed by atoms with Crippen LogP contribution in [0.1, 0.15) is 29.8 Å². The molecule has 2 rings (SSSR count). The van der Waals surface area contributed by atoms with Crippen molar-refractivity contribution in [1.29, 1.82) is 0 Å². The molecule has 28 heavy (non-hydrogen) atoms. The molecule has 2 aromatic rings. The highest BCUT2D eigenvalue weighted by atomic mass is 35.5. The quantitative estimate of drug-likeness (QED) is 0.689. The van der Waals surface area contributed by atoms with Crippen molar-refractivity contribution in [3.05, 3.63) is 52.5 Å². The zero-order chi connectivity index (χ0) is 20.7. The highest BCUT2D eigenvalue weighted by Crippen LogP contribution is 2.28. The van der Waals surface area contributed by atoms with Gasteiger partial charge in [0.2, 0.25) is 0 Å². The highest BCUT2D eigenvalue weighted by molar-refractivity contribution is 6.30. The Morgan fingerprint density at radius 3 is 2.43 bits per heavy atom. The van der Waals surface area contributed by atoms with E-state index in [0.29, 0.717) is 34.4 Å². The van der Waals surface area contributed by atoms with Crippen molar-refractivity contribution >= 4 is 23.4 Å². The minimum Gasteiger partial charge on any atom is -0.493 e. The van der Waals surface area contributed by atoms with Crippen LogP contribution in [-0.4, -0.2) is 31.6 Å². The average Bonchev–Trinajstić information content (AvgIpc) is 2.68. The summed E-state index contributed by atoms with van der Waals surface area (Å²) in [5.74, 6) is 0.501. The van der Waals surface area contributed by atoms with Crippen LogP contribution in [0.2, 0.25) is 5.02 Å². The van der Waals surface area contributed by atoms with Gasteiger partial charge in [-0.2, -0.15) is 0 Å². The molecular formula is C20H23ClN2O5. The van der Waals surface area contributed by atoms with E-state index < -0.39 is 17.9 Å². The van der Waals surface area contributed by atoms with Gasteiger partial charge in [-0.15, -0.1) is 0 Å². The van der Waals surface area contributed by atoms with Crippen molar-refractivity contribution in [1.82, 2.24) is 10.9 Å². The average molecular weight is 407 g/mol. The van der Waals surface area contributed by atoms with Crippen molar-refractivity contribution in [2.24, 2.45) is 0 Å². The number of benzene rings is 2. The van der Waals surface area contributed by atoms with Gasteiger partial charge in [-0.05, 0) is 62.7 Å². The van der Waals surface area contributed by atoms with Crippen LogP contribution in [0.5, 0.6) is 17.2 Å². The summed E-state index contributed by atoms with van der Waals surface area (Å²) in [5.41, 5.74) is 5.81. The Hall–Kier alpha value is -2.93. The molecule has 1 unspecified atom stereocenters. The van der Waals surface area contributed by atoms with Gasteiger partial charge in [-0.3, -0.25) is 20.4 Å². The molecule has 0 heterocycles. The summed E-state index contributed by atoms with van der Waals surface area (Å²) in [6, 6.07) is 9.84. The molecule has 0 aromatic heterocycles. The van der Waals surface area contributed by atoms with Crippen LogP contribution in [0.15, 0.2) is 36.4 Å². The molecule has 0 fully saturated rings. The molecule has 2 N–H and O–H groups in total. The lowest BCUT2D eigenvalue weighted by molar-refractivity contribution is -0.128. The second kappa shape index (κ2) is 9.85. The number of hydrogen-bond donors (Lipinski definition) is 2. The van der Waals surface area contributed by atoms with E-state index in [1.54, 1.807) is 37.3 Å². The van der Waals surface area contributed by atoms with Gasteiger partial charge in [0.15, 0.2) is 17.6 Å². The number of carbonyl (C=O) groups is 2. The lowest BCUT2D eigenvalue weighted by Gasteiger charge is -2.17. The zero-order valence-corrected chi connectivity index (χ0v) is 16.9. The van der Waals surface area contributed by atoms with E-state index in [4.69, 9.17) is 25.8 Å². The molecule has 0 aliphatic heterocycles. The molecule has 8 heteroatoms. The van der Waals surface area contributed by atoms with Crippen LogP contribution in [0.3, 0.4) is 0 Å². The number of halogens is 1. The van der Waals surface area contributed by atoms with Crippen LogP contribution in [0, 0.1) is 6.92 Å². The second-order valence-electron chi connectivity index (χ2n) is 5.91. The number of nitrogens with one attached hydrogen (secondary N) is 2. The second-order valence-corrected chi connectivity index (χ2v) is 6.35. The largest absolute Gasteiger partial charge is 0.493 e. The number of amides is 2. The predicted molar refractivity (Wildman–Crippen MR) is 106 cm³/mol. The molecule has 2 amide bonds. The normalized spacial score (nSPS) is 11.3. The van der Waals surface area contributed by atoms with Gasteiger partial charge in [0, 0.05) is 10.6 Å². The number of methoxy groups -OCH3 is 1. The summed E-state index contributed by atoms with van der Waals surface area (Å²) >= 11 is 5.91. The fraction of sp³-hybridized carbons (Fsp3) is 0.300. The molecule has 2 aromatic carbocycles. The molecule has 0 bridgehead atoms. The smallest absolute Gasteiger partial charge is 0.279 e. The first-order valence-corrected chi connectivity index (χ1v) is 9.07. The Labute approximate surface area is 168 Å². The fourth-order valence-electron chi connectivity index (χ4n) is 2.36. The highest BCUT2D eigenvalue weighted by Gasteiger charge is 2.17. The van der Waals surface area contributed by atoms with Crippen LogP contribution in [0.25, 0.3) is 0 Å². The maximum atomic E-state index is 12.3. The topological polar surface area (TPSA) is 85.9 Å². The maximum Gasteiger partial charge on any atom is 0.279 e. The summed E-state index contributed by atoms with van der Waals surface area (Å²) in [7, 11) is 1.49. The summed E-state index contributed by atoms with van der Waals surface area (Å²) in [5, 5.41) is 0.583. The molecule has 0 aliphatic rings. The molecule has 7 nitrogen and oxygen atoms in total. The first-order chi connectivity index (χ1) is 13.3. The van der Waals surface area contributed by atoms with E-state index in [2.05, 4.69) is 10.9 Å². The number of aryl methyl sites for hydroxylation is 1. The van der Waals surface area contributed by atoms with Crippen molar-refractivity contribution < 1.29 is 23.8 Å². The van der Waals surface area contributed by atoms with E-state index in [-0.39, 0.29) is 0 Å². The minimum atomic E-state index is -0.824. The minimum absolute atomic E-state index is 0.308. The van der Waals surface area contributed by atoms with Gasteiger partial charge in [0.25, 0.3) is 11.8 Å². The third kappa shape index (κ3) is 5.53. The van der Waals surface area contributed by atoms with E-state index in [0.717, 1.165) is 5.56 Å². The van der Waals surface area contributed by atoms with Gasteiger partial charge in [-0.25, -0.2) is 0 Å². The SMILES string of the molecule is CCOc1ccc(C(=O)NNC(=O)C(C)Oc2ccc(Cl)cc2C)cc1OC. The first-order valence-electron chi connectivity index (χ1n) is 8.69. The van der Waals surface area contributed by atoms with Crippen molar-refractivity contribution in [2.45, 2.75) is 26.9 Å². The van der Waals surface area contributed by atoms with Crippen LogP contribution in [-0.2, 0) is 4.79 Å². The predicted octanol–water partition coefficient (Wildman–Crippen LogP) is 3.28. The Morgan fingerprint density at radius 1 is 1.07 bits per heavy atom. The van der Waals surface area contributed by atoms with E-state index in [9.17, 15) is 9.59 Å². The summed E-state index contributed by atoms with van der Waals surface area (Å²) in [6.45, 7) is 5.73. The van der Waals surface area contributed by atoms with Gasteiger partial charge >= 0.3 is 0 Å². The lowest BCUT2D eigenvalue weighted by atomic mass is 10.2. The first kappa shape index (κ1) is 21.4. The van der Waals surface area contributed by atoms with Crippen molar-refractivity contribution in [3.63, 3.8) is 0 Å². The van der Waals surface area contributed by atoms with Gasteiger partial charge in [-0.1, -0.05) is 11.6 Å². The Kier molecular flexibility index (Phi) is 7.52. The standard InChI is InChI=1S/C20H23ClN2O5/c1-5-27-17-8-6-14(11-18(17)26-4)20(25)23-22-19(24)13(3)28-16-9-7-15(21)10-12(16)2/h6-11,13H,5H2,1-4H3,(H,22,24)(H,23,25). The molecule has 0 spiro atoms. The van der Waals surface area contributed by atoms with Gasteiger partial charge in [0.1, 0.15) is 5.75 Å². The summed E-state index contributed by atoms with van der Waals surface area (Å²) < 4.78 is 16.3. The lowest BCUT2D eigenvalue weighted by Crippen LogP contribution is -2.47. The maximum absolute atomic E-state index is 12.3. The molecule has 0 saturated carbocycles. The third-order valence-electron chi connectivity index (χ3n) is 3.83. The van der Waals surface area contributed by atoms with Crippen LogP contribution in [0.4, 0.5) is 0 Å². The van der Waals surface area contributed by atoms with E-state index in [1.807, 2.05) is 13.8 Å². The number of ether oxygens (including phenoxy) is 3. The molecule has 0 saturated heterocycles. The van der Waals surface area contributed by atoms with Crippen LogP contribution < -0.4 is 25.1 Å². The number of carbonyl (C=O) groups excluding carboxylic acids is 2. The van der Waals surface area contributed by atoms with E-state index in [1.165, 1.54) is 13.2 Å². The number of rotatable bonds is 7. The van der Waals surface area contributed by atoms with Gasteiger partial charge < -0.3 is 14.2 Å². The molecule has 0 radical (unpaired) electrons. The molecule has 1 atom stereocenters. The Morgan fingerprint density at radius 2 is 1.79 bits per heavy atom. The van der Waals surface area contributed by atoms with Gasteiger partial charge in [0.05, 0.1) is 13.7 Å². The Balaban J connectivity index is 1.95. The summed E-state index contributed by atoms with van der Waals surface area (Å²) in [4.78, 5) is 24.5. The monoisotopic (exact) mass is 406 g/mol. The van der Waals surface area contributed by atoms with Crippen molar-refractivity contribution in [3.8, 4) is 17.2 Å². The number of hydrogen-bond acceptors (Lipinski definition) is 5. The third-order valence-corrected chi connectivity index (χ3v) is 4.07. The van der Waals surface area contributed by atoms with Crippen LogP contribution >= 0.6 is 11.6 Å².